The number of para-hydroxylation sites is 1. The zero-order chi connectivity index (χ0) is 24.1. The third kappa shape index (κ3) is 4.80. The monoisotopic (exact) mass is 483 g/mol. The summed E-state index contributed by atoms with van der Waals surface area (Å²) in [5.74, 6) is 1.09. The lowest BCUT2D eigenvalue weighted by Gasteiger charge is -2.34. The van der Waals surface area contributed by atoms with Crippen LogP contribution in [0.25, 0.3) is 0 Å². The molecule has 0 unspecified atom stereocenters. The number of piperazine rings is 1. The Balaban J connectivity index is 1.43. The Morgan fingerprint density at radius 1 is 0.971 bits per heavy atom. The molecule has 1 amide bonds. The number of methoxy groups -OCH3 is 2. The number of nitrogens with one attached hydrogen (secondary N) is 1. The molecular formula is C23H25N5O5S. The summed E-state index contributed by atoms with van der Waals surface area (Å²) in [6.45, 7) is 1.73. The Morgan fingerprint density at radius 3 is 2.32 bits per heavy atom. The van der Waals surface area contributed by atoms with E-state index in [1.807, 2.05) is 4.90 Å². The summed E-state index contributed by atoms with van der Waals surface area (Å²) in [6, 6.07) is 11.1. The first-order chi connectivity index (χ1) is 16.4. The molecule has 11 heteroatoms. The standard InChI is InChI=1S/C23H25N5O5S/c1-32-20-5-3-4-19(22(20)33-2)23(29)26-17-6-8-18(9-7-17)34(30,31)28-14-12-27(13-15-28)21-16-24-10-11-25-21/h3-11,16H,12-15H2,1-2H3,(H,26,29). The lowest BCUT2D eigenvalue weighted by molar-refractivity contribution is 0.102. The molecule has 1 aliphatic rings. The highest BCUT2D eigenvalue weighted by molar-refractivity contribution is 7.89. The van der Waals surface area contributed by atoms with Gasteiger partial charge in [-0.15, -0.1) is 0 Å². The number of nitrogens with zero attached hydrogens (tertiary/aromatic N) is 4. The highest BCUT2D eigenvalue weighted by Gasteiger charge is 2.29. The third-order valence-corrected chi connectivity index (χ3v) is 7.42. The zero-order valence-electron chi connectivity index (χ0n) is 18.8. The second-order valence-corrected chi connectivity index (χ2v) is 9.41. The first-order valence-electron chi connectivity index (χ1n) is 10.6. The lowest BCUT2D eigenvalue weighted by atomic mass is 10.1. The van der Waals surface area contributed by atoms with E-state index in [4.69, 9.17) is 9.47 Å². The molecule has 1 aliphatic heterocycles. The van der Waals surface area contributed by atoms with Crippen LogP contribution in [0, 0.1) is 0 Å². The number of rotatable bonds is 7. The molecule has 0 spiro atoms. The van der Waals surface area contributed by atoms with Gasteiger partial charge in [0.2, 0.25) is 10.0 Å². The van der Waals surface area contributed by atoms with Gasteiger partial charge in [0.15, 0.2) is 11.5 Å². The van der Waals surface area contributed by atoms with E-state index in [2.05, 4.69) is 15.3 Å². The van der Waals surface area contributed by atoms with Crippen molar-refractivity contribution in [3.05, 3.63) is 66.6 Å². The average Bonchev–Trinajstić information content (AvgIpc) is 2.89. The summed E-state index contributed by atoms with van der Waals surface area (Å²) in [6.07, 6.45) is 4.88. The summed E-state index contributed by atoms with van der Waals surface area (Å²) in [5, 5.41) is 2.76. The quantitative estimate of drug-likeness (QED) is 0.544. The summed E-state index contributed by atoms with van der Waals surface area (Å²) in [7, 11) is -0.709. The van der Waals surface area contributed by atoms with Crippen LogP contribution in [0.4, 0.5) is 11.5 Å². The van der Waals surface area contributed by atoms with Crippen molar-refractivity contribution in [3.8, 4) is 11.5 Å². The molecule has 0 atom stereocenters. The van der Waals surface area contributed by atoms with Crippen LogP contribution < -0.4 is 19.7 Å². The Hall–Kier alpha value is -3.70. The largest absolute Gasteiger partial charge is 0.493 e. The number of amides is 1. The fourth-order valence-electron chi connectivity index (χ4n) is 3.74. The molecule has 0 radical (unpaired) electrons. The van der Waals surface area contributed by atoms with Crippen LogP contribution in [-0.4, -0.2) is 69.0 Å². The normalized spacial score (nSPS) is 14.5. The molecule has 0 aliphatic carbocycles. The predicted octanol–water partition coefficient (Wildman–Crippen LogP) is 2.26. The maximum Gasteiger partial charge on any atom is 0.259 e. The van der Waals surface area contributed by atoms with E-state index in [1.54, 1.807) is 48.9 Å². The summed E-state index contributed by atoms with van der Waals surface area (Å²) in [4.78, 5) is 23.3. The first kappa shape index (κ1) is 23.5. The van der Waals surface area contributed by atoms with Gasteiger partial charge in [-0.3, -0.25) is 9.78 Å². The number of carbonyl (C=O) groups is 1. The van der Waals surface area contributed by atoms with E-state index in [9.17, 15) is 13.2 Å². The van der Waals surface area contributed by atoms with Gasteiger partial charge in [-0.05, 0) is 36.4 Å². The average molecular weight is 484 g/mol. The van der Waals surface area contributed by atoms with E-state index in [0.29, 0.717) is 48.9 Å². The number of ether oxygens (including phenoxy) is 2. The Morgan fingerprint density at radius 2 is 1.71 bits per heavy atom. The molecule has 0 saturated carbocycles. The van der Waals surface area contributed by atoms with Crippen molar-refractivity contribution in [1.29, 1.82) is 0 Å². The molecule has 2 aromatic carbocycles. The number of sulfonamides is 1. The van der Waals surface area contributed by atoms with Crippen LogP contribution in [0.2, 0.25) is 0 Å². The van der Waals surface area contributed by atoms with Gasteiger partial charge >= 0.3 is 0 Å². The zero-order valence-corrected chi connectivity index (χ0v) is 19.7. The number of aromatic nitrogens is 2. The number of carbonyl (C=O) groups excluding carboxylic acids is 1. The van der Waals surface area contributed by atoms with Crippen LogP contribution in [0.1, 0.15) is 10.4 Å². The molecule has 2 heterocycles. The van der Waals surface area contributed by atoms with E-state index >= 15 is 0 Å². The van der Waals surface area contributed by atoms with Crippen LogP contribution in [-0.2, 0) is 10.0 Å². The summed E-state index contributed by atoms with van der Waals surface area (Å²) >= 11 is 0. The predicted molar refractivity (Wildman–Crippen MR) is 127 cm³/mol. The van der Waals surface area contributed by atoms with Crippen LogP contribution in [0.3, 0.4) is 0 Å². The molecule has 1 saturated heterocycles. The molecule has 1 fully saturated rings. The first-order valence-corrected chi connectivity index (χ1v) is 12.0. The molecule has 0 bridgehead atoms. The molecule has 3 aromatic rings. The second kappa shape index (κ2) is 10.1. The minimum atomic E-state index is -3.66. The van der Waals surface area contributed by atoms with Crippen molar-refractivity contribution < 1.29 is 22.7 Å². The third-order valence-electron chi connectivity index (χ3n) is 5.51. The lowest BCUT2D eigenvalue weighted by Crippen LogP contribution is -2.48. The van der Waals surface area contributed by atoms with Crippen LogP contribution >= 0.6 is 0 Å². The van der Waals surface area contributed by atoms with Crippen LogP contribution in [0.15, 0.2) is 66.0 Å². The fraction of sp³-hybridized carbons (Fsp3) is 0.261. The molecule has 10 nitrogen and oxygen atoms in total. The molecule has 178 valence electrons. The van der Waals surface area contributed by atoms with Gasteiger partial charge in [0.05, 0.1) is 30.9 Å². The van der Waals surface area contributed by atoms with Crippen molar-refractivity contribution in [3.63, 3.8) is 0 Å². The second-order valence-electron chi connectivity index (χ2n) is 7.47. The van der Waals surface area contributed by atoms with Gasteiger partial charge in [-0.1, -0.05) is 6.07 Å². The highest BCUT2D eigenvalue weighted by Crippen LogP contribution is 2.31. The van der Waals surface area contributed by atoms with Gasteiger partial charge in [0.1, 0.15) is 5.82 Å². The molecule has 34 heavy (non-hydrogen) atoms. The maximum absolute atomic E-state index is 13.1. The van der Waals surface area contributed by atoms with Crippen molar-refractivity contribution in [2.45, 2.75) is 4.90 Å². The Bertz CT molecular complexity index is 1240. The van der Waals surface area contributed by atoms with Crippen molar-refractivity contribution in [2.75, 3.05) is 50.6 Å². The SMILES string of the molecule is COc1cccc(C(=O)Nc2ccc(S(=O)(=O)N3CCN(c4cnccn4)CC3)cc2)c1OC. The smallest absolute Gasteiger partial charge is 0.259 e. The number of hydrogen-bond donors (Lipinski definition) is 1. The van der Waals surface area contributed by atoms with Crippen molar-refractivity contribution in [1.82, 2.24) is 14.3 Å². The molecular weight excluding hydrogens is 458 g/mol. The van der Waals surface area contributed by atoms with Crippen LogP contribution in [0.5, 0.6) is 11.5 Å². The van der Waals surface area contributed by atoms with E-state index in [-0.39, 0.29) is 4.90 Å². The van der Waals surface area contributed by atoms with Gasteiger partial charge in [0, 0.05) is 44.3 Å². The summed E-state index contributed by atoms with van der Waals surface area (Å²) < 4.78 is 38.2. The Kier molecular flexibility index (Phi) is 6.94. The van der Waals surface area contributed by atoms with Crippen molar-refractivity contribution in [2.24, 2.45) is 0 Å². The van der Waals surface area contributed by atoms with E-state index < -0.39 is 15.9 Å². The van der Waals surface area contributed by atoms with E-state index in [1.165, 1.54) is 30.7 Å². The maximum atomic E-state index is 13.1. The number of benzene rings is 2. The Labute approximate surface area is 198 Å². The molecule has 4 rings (SSSR count). The van der Waals surface area contributed by atoms with Gasteiger partial charge in [-0.25, -0.2) is 13.4 Å². The summed E-state index contributed by atoms with van der Waals surface area (Å²) in [5.41, 5.74) is 0.765. The van der Waals surface area contributed by atoms with Gasteiger partial charge < -0.3 is 19.7 Å². The highest BCUT2D eigenvalue weighted by atomic mass is 32.2. The number of hydrogen-bond acceptors (Lipinski definition) is 8. The minimum absolute atomic E-state index is 0.164. The van der Waals surface area contributed by atoms with E-state index in [0.717, 1.165) is 5.82 Å². The molecule has 1 aromatic heterocycles. The topological polar surface area (TPSA) is 114 Å². The van der Waals surface area contributed by atoms with Gasteiger partial charge in [0.25, 0.3) is 5.91 Å². The van der Waals surface area contributed by atoms with Gasteiger partial charge in [-0.2, -0.15) is 4.31 Å². The molecule has 1 N–H and O–H groups in total. The fourth-order valence-corrected chi connectivity index (χ4v) is 5.16. The van der Waals surface area contributed by atoms with Crippen molar-refractivity contribution >= 4 is 27.4 Å². The minimum Gasteiger partial charge on any atom is -0.493 e. The number of anilines is 2.